The molecule has 0 aromatic carbocycles. The molecular weight excluding hydrogens is 503 g/mol. The standard InChI is InChI=1S/C27H35FN8O3/c1-27(2,3)15-39-26(38)33-18-8-6-17(7-9-18)32-23-12-21(31-16-4-5-16)24-30-14-22(36(24)35-23)25(37)34-20-10-11-29-13-19(20)28/h10-14,16-18,31H,4-9,15H2,1-3H3,(H,32,35)(H,33,38)(H,29,34,37). The Hall–Kier alpha value is -3.96. The molecule has 208 valence electrons. The summed E-state index contributed by atoms with van der Waals surface area (Å²) in [7, 11) is 0. The van der Waals surface area contributed by atoms with Crippen molar-refractivity contribution in [3.05, 3.63) is 42.2 Å². The molecule has 0 unspecified atom stereocenters. The molecule has 2 amide bonds. The van der Waals surface area contributed by atoms with E-state index in [0.29, 0.717) is 24.1 Å². The summed E-state index contributed by atoms with van der Waals surface area (Å²) < 4.78 is 20.9. The van der Waals surface area contributed by atoms with Crippen LogP contribution in [0.5, 0.6) is 0 Å². The predicted molar refractivity (Wildman–Crippen MR) is 145 cm³/mol. The van der Waals surface area contributed by atoms with E-state index in [2.05, 4.69) is 36.3 Å². The van der Waals surface area contributed by atoms with Gasteiger partial charge in [0, 0.05) is 30.4 Å². The molecule has 2 fully saturated rings. The molecule has 12 heteroatoms. The molecule has 3 aromatic rings. The molecule has 0 bridgehead atoms. The average molecular weight is 539 g/mol. The van der Waals surface area contributed by atoms with Crippen LogP contribution in [0, 0.1) is 11.2 Å². The van der Waals surface area contributed by atoms with E-state index in [-0.39, 0.29) is 35.0 Å². The number of pyridine rings is 1. The van der Waals surface area contributed by atoms with Gasteiger partial charge in [0.05, 0.1) is 30.4 Å². The minimum atomic E-state index is -0.626. The summed E-state index contributed by atoms with van der Waals surface area (Å²) in [5.74, 6) is -0.549. The van der Waals surface area contributed by atoms with Crippen molar-refractivity contribution in [3.8, 4) is 0 Å². The summed E-state index contributed by atoms with van der Waals surface area (Å²) in [5, 5.41) is 17.2. The molecule has 0 atom stereocenters. The zero-order valence-electron chi connectivity index (χ0n) is 22.5. The van der Waals surface area contributed by atoms with E-state index >= 15 is 0 Å². The third-order valence-electron chi connectivity index (χ3n) is 6.70. The van der Waals surface area contributed by atoms with Gasteiger partial charge in [-0.1, -0.05) is 20.8 Å². The molecule has 0 spiro atoms. The first-order valence-corrected chi connectivity index (χ1v) is 13.4. The van der Waals surface area contributed by atoms with Crippen LogP contribution in [0.3, 0.4) is 0 Å². The summed E-state index contributed by atoms with van der Waals surface area (Å²) in [6, 6.07) is 3.89. The van der Waals surface area contributed by atoms with Gasteiger partial charge in [-0.25, -0.2) is 18.7 Å². The van der Waals surface area contributed by atoms with Gasteiger partial charge in [0.25, 0.3) is 5.91 Å². The van der Waals surface area contributed by atoms with E-state index in [9.17, 15) is 14.0 Å². The smallest absolute Gasteiger partial charge is 0.407 e. The molecule has 3 aromatic heterocycles. The second-order valence-corrected chi connectivity index (χ2v) is 11.5. The Labute approximate surface area is 226 Å². The molecule has 4 N–H and O–H groups in total. The summed E-state index contributed by atoms with van der Waals surface area (Å²) >= 11 is 0. The van der Waals surface area contributed by atoms with Crippen LogP contribution in [0.2, 0.25) is 0 Å². The molecule has 0 aliphatic heterocycles. The fourth-order valence-electron chi connectivity index (χ4n) is 4.49. The monoisotopic (exact) mass is 538 g/mol. The number of hydrogen-bond donors (Lipinski definition) is 4. The minimum Gasteiger partial charge on any atom is -0.449 e. The van der Waals surface area contributed by atoms with E-state index in [1.54, 1.807) is 0 Å². The second-order valence-electron chi connectivity index (χ2n) is 11.5. The highest BCUT2D eigenvalue weighted by Crippen LogP contribution is 2.30. The number of carbonyl (C=O) groups is 2. The summed E-state index contributed by atoms with van der Waals surface area (Å²) in [4.78, 5) is 33.3. The minimum absolute atomic E-state index is 0.0308. The lowest BCUT2D eigenvalue weighted by Crippen LogP contribution is -2.41. The summed E-state index contributed by atoms with van der Waals surface area (Å²) in [5.41, 5.74) is 1.44. The van der Waals surface area contributed by atoms with E-state index in [1.807, 2.05) is 26.8 Å². The van der Waals surface area contributed by atoms with Crippen LogP contribution < -0.4 is 21.3 Å². The maximum atomic E-state index is 14.1. The van der Waals surface area contributed by atoms with Crippen molar-refractivity contribution >= 4 is 34.8 Å². The van der Waals surface area contributed by atoms with Gasteiger partial charge in [0.15, 0.2) is 17.2 Å². The highest BCUT2D eigenvalue weighted by atomic mass is 19.1. The molecule has 0 radical (unpaired) electrons. The first kappa shape index (κ1) is 26.6. The molecule has 0 saturated heterocycles. The SMILES string of the molecule is CC(C)(C)COC(=O)NC1CCC(Nc2cc(NC3CC3)c3ncc(C(=O)Nc4ccncc4F)n3n2)CC1. The number of aromatic nitrogens is 4. The lowest BCUT2D eigenvalue weighted by Gasteiger charge is -2.30. The topological polar surface area (TPSA) is 135 Å². The van der Waals surface area contributed by atoms with Gasteiger partial charge >= 0.3 is 6.09 Å². The fraction of sp³-hybridized carbons (Fsp3) is 0.519. The molecular formula is C27H35FN8O3. The second kappa shape index (κ2) is 11.0. The van der Waals surface area contributed by atoms with E-state index in [1.165, 1.54) is 23.0 Å². The Bertz CT molecular complexity index is 1340. The van der Waals surface area contributed by atoms with Crippen LogP contribution in [0.25, 0.3) is 5.65 Å². The van der Waals surface area contributed by atoms with Gasteiger partial charge < -0.3 is 26.0 Å². The van der Waals surface area contributed by atoms with Gasteiger partial charge in [-0.15, -0.1) is 5.10 Å². The molecule has 5 rings (SSSR count). The zero-order chi connectivity index (χ0) is 27.6. The zero-order valence-corrected chi connectivity index (χ0v) is 22.5. The van der Waals surface area contributed by atoms with Crippen molar-refractivity contribution in [2.75, 3.05) is 22.6 Å². The van der Waals surface area contributed by atoms with E-state index in [4.69, 9.17) is 4.74 Å². The number of nitrogens with zero attached hydrogens (tertiary/aromatic N) is 4. The Kier molecular flexibility index (Phi) is 7.53. The van der Waals surface area contributed by atoms with Crippen LogP contribution in [0.1, 0.15) is 69.8 Å². The molecule has 3 heterocycles. The number of amides is 2. The van der Waals surface area contributed by atoms with E-state index < -0.39 is 11.7 Å². The molecule has 2 saturated carbocycles. The molecule has 2 aliphatic rings. The largest absolute Gasteiger partial charge is 0.449 e. The number of imidazole rings is 1. The van der Waals surface area contributed by atoms with Crippen molar-refractivity contribution in [1.29, 1.82) is 0 Å². The summed E-state index contributed by atoms with van der Waals surface area (Å²) in [6.07, 6.45) is 8.97. The van der Waals surface area contributed by atoms with Crippen molar-refractivity contribution < 1.29 is 18.7 Å². The van der Waals surface area contributed by atoms with Gasteiger partial charge in [-0.05, 0) is 50.0 Å². The number of ether oxygens (including phenoxy) is 1. The van der Waals surface area contributed by atoms with Crippen molar-refractivity contribution in [2.24, 2.45) is 5.41 Å². The predicted octanol–water partition coefficient (Wildman–Crippen LogP) is 4.59. The third-order valence-corrected chi connectivity index (χ3v) is 6.70. The average Bonchev–Trinajstić information content (AvgIpc) is 3.60. The van der Waals surface area contributed by atoms with Crippen LogP contribution in [-0.2, 0) is 4.74 Å². The molecule has 2 aliphatic carbocycles. The third kappa shape index (κ3) is 6.92. The number of hydrogen-bond acceptors (Lipinski definition) is 8. The number of fused-ring (bicyclic) bond motifs is 1. The van der Waals surface area contributed by atoms with Gasteiger partial charge in [0.2, 0.25) is 0 Å². The first-order chi connectivity index (χ1) is 18.6. The van der Waals surface area contributed by atoms with Crippen LogP contribution in [-0.4, -0.2) is 56.3 Å². The maximum Gasteiger partial charge on any atom is 0.407 e. The van der Waals surface area contributed by atoms with Crippen molar-refractivity contribution in [3.63, 3.8) is 0 Å². The highest BCUT2D eigenvalue weighted by Gasteiger charge is 2.27. The normalized spacial score (nSPS) is 19.4. The van der Waals surface area contributed by atoms with E-state index in [0.717, 1.165) is 50.4 Å². The van der Waals surface area contributed by atoms with Crippen molar-refractivity contribution in [1.82, 2.24) is 24.9 Å². The Morgan fingerprint density at radius 3 is 2.41 bits per heavy atom. The number of halogens is 1. The quantitative estimate of drug-likeness (QED) is 0.327. The van der Waals surface area contributed by atoms with Gasteiger partial charge in [-0.3, -0.25) is 9.78 Å². The van der Waals surface area contributed by atoms with Crippen LogP contribution in [0.4, 0.5) is 26.4 Å². The number of alkyl carbamates (subject to hydrolysis) is 1. The number of carbonyl (C=O) groups excluding carboxylic acids is 2. The highest BCUT2D eigenvalue weighted by molar-refractivity contribution is 6.03. The molecule has 11 nitrogen and oxygen atoms in total. The Morgan fingerprint density at radius 1 is 1.03 bits per heavy atom. The number of nitrogens with one attached hydrogen (secondary N) is 4. The first-order valence-electron chi connectivity index (χ1n) is 13.4. The maximum absolute atomic E-state index is 14.1. The van der Waals surface area contributed by atoms with Gasteiger partial charge in [-0.2, -0.15) is 0 Å². The number of rotatable bonds is 8. The summed E-state index contributed by atoms with van der Waals surface area (Å²) in [6.45, 7) is 6.43. The van der Waals surface area contributed by atoms with Crippen LogP contribution >= 0.6 is 0 Å². The molecule has 39 heavy (non-hydrogen) atoms. The lowest BCUT2D eigenvalue weighted by atomic mass is 9.91. The lowest BCUT2D eigenvalue weighted by molar-refractivity contribution is 0.101. The van der Waals surface area contributed by atoms with Crippen LogP contribution in [0.15, 0.2) is 30.7 Å². The van der Waals surface area contributed by atoms with Crippen molar-refractivity contribution in [2.45, 2.75) is 77.4 Å². The van der Waals surface area contributed by atoms with Gasteiger partial charge in [0.1, 0.15) is 5.82 Å². The number of anilines is 3. The fourth-order valence-corrected chi connectivity index (χ4v) is 4.49. The Morgan fingerprint density at radius 2 is 1.72 bits per heavy atom. The Balaban J connectivity index is 1.27.